The van der Waals surface area contributed by atoms with Gasteiger partial charge in [-0.15, -0.1) is 0 Å². The van der Waals surface area contributed by atoms with Crippen LogP contribution in [0.5, 0.6) is 0 Å². The third kappa shape index (κ3) is 5.75. The fourth-order valence-corrected chi connectivity index (χ4v) is 9.56. The van der Waals surface area contributed by atoms with Crippen molar-refractivity contribution in [1.29, 1.82) is 0 Å². The number of oxime groups is 1. The fourth-order valence-electron chi connectivity index (χ4n) is 9.56. The molecule has 1 heterocycles. The molecule has 0 aromatic rings. The average molecular weight is 585 g/mol. The van der Waals surface area contributed by atoms with E-state index in [-0.39, 0.29) is 47.9 Å². The Morgan fingerprint density at radius 2 is 1.93 bits per heavy atom. The summed E-state index contributed by atoms with van der Waals surface area (Å²) >= 11 is 0. The van der Waals surface area contributed by atoms with Gasteiger partial charge in [-0.1, -0.05) is 24.6 Å². The number of ketones is 1. The number of rotatable bonds is 9. The minimum Gasteiger partial charge on any atom is -0.466 e. The van der Waals surface area contributed by atoms with E-state index in [0.29, 0.717) is 49.4 Å². The Balaban J connectivity index is 1.23. The molecule has 2 unspecified atom stereocenters. The number of likely N-dealkylation sites (N-methyl/N-ethyl adjacent to an activating group) is 1. The van der Waals surface area contributed by atoms with Crippen LogP contribution in [0.1, 0.15) is 85.0 Å². The lowest BCUT2D eigenvalue weighted by Crippen LogP contribution is -2.51. The summed E-state index contributed by atoms with van der Waals surface area (Å²) < 4.78 is 4.85. The van der Waals surface area contributed by atoms with Crippen molar-refractivity contribution in [3.8, 4) is 0 Å². The molecule has 2 N–H and O–H groups in total. The van der Waals surface area contributed by atoms with Crippen LogP contribution in [0, 0.1) is 34.5 Å². The topological polar surface area (TPSA) is 126 Å². The van der Waals surface area contributed by atoms with E-state index in [2.05, 4.69) is 29.6 Å². The van der Waals surface area contributed by atoms with E-state index >= 15 is 0 Å². The van der Waals surface area contributed by atoms with Crippen LogP contribution in [0.2, 0.25) is 0 Å². The van der Waals surface area contributed by atoms with E-state index in [1.807, 2.05) is 13.0 Å². The highest BCUT2D eigenvalue weighted by molar-refractivity contribution is 5.91. The molecule has 0 aromatic carbocycles. The average Bonchev–Trinajstić information content (AvgIpc) is 3.59. The zero-order chi connectivity index (χ0) is 30.1. The number of ether oxygens (including phenoxy) is 1. The number of nitrogens with zero attached hydrogens (tertiary/aromatic N) is 2. The van der Waals surface area contributed by atoms with Gasteiger partial charge in [-0.25, -0.2) is 4.79 Å². The Hall–Kier alpha value is -2.75. The molecule has 5 rings (SSSR count). The zero-order valence-corrected chi connectivity index (χ0v) is 25.7. The van der Waals surface area contributed by atoms with E-state index < -0.39 is 6.09 Å². The molecule has 232 valence electrons. The Morgan fingerprint density at radius 1 is 1.12 bits per heavy atom. The van der Waals surface area contributed by atoms with Gasteiger partial charge < -0.3 is 20.3 Å². The van der Waals surface area contributed by atoms with E-state index in [0.717, 1.165) is 50.7 Å². The summed E-state index contributed by atoms with van der Waals surface area (Å²) in [5, 5.41) is 10.3. The molecule has 4 aliphatic carbocycles. The van der Waals surface area contributed by atoms with Gasteiger partial charge in [0.15, 0.2) is 5.78 Å². The number of nitrogens with one attached hydrogen (secondary N) is 2. The SMILES string of the molecule is CNC(=O)C1CCC(CN(CCOC=O)C(=O)O/N=C(\C)[C@H]2CC[C@H]3[C@@H]4CCC5=CC(=O)CC[C@]5(C)[C@H]4CC[C@]23C)N1. The van der Waals surface area contributed by atoms with Gasteiger partial charge in [-0.3, -0.25) is 19.2 Å². The lowest BCUT2D eigenvalue weighted by molar-refractivity contribution is -0.129. The van der Waals surface area contributed by atoms with Crippen LogP contribution in [0.25, 0.3) is 0 Å². The highest BCUT2D eigenvalue weighted by Gasteiger charge is 2.59. The van der Waals surface area contributed by atoms with Gasteiger partial charge in [-0.2, -0.15) is 0 Å². The number of allylic oxidation sites excluding steroid dienone is 1. The second-order valence-corrected chi connectivity index (χ2v) is 13.8. The van der Waals surface area contributed by atoms with E-state index in [4.69, 9.17) is 9.57 Å². The van der Waals surface area contributed by atoms with Crippen molar-refractivity contribution < 1.29 is 28.8 Å². The minimum atomic E-state index is -0.580. The molecule has 8 atom stereocenters. The second-order valence-electron chi connectivity index (χ2n) is 13.8. The molecule has 1 aliphatic heterocycles. The number of carbonyl (C=O) groups excluding carboxylic acids is 4. The maximum Gasteiger partial charge on any atom is 0.436 e. The molecule has 0 radical (unpaired) electrons. The number of amides is 2. The van der Waals surface area contributed by atoms with E-state index in [1.165, 1.54) is 16.9 Å². The Morgan fingerprint density at radius 3 is 2.69 bits per heavy atom. The second kappa shape index (κ2) is 12.5. The van der Waals surface area contributed by atoms with Crippen molar-refractivity contribution in [1.82, 2.24) is 15.5 Å². The third-order valence-electron chi connectivity index (χ3n) is 11.8. The van der Waals surface area contributed by atoms with E-state index in [9.17, 15) is 19.2 Å². The molecule has 5 aliphatic rings. The van der Waals surface area contributed by atoms with E-state index in [1.54, 1.807) is 7.05 Å². The molecule has 42 heavy (non-hydrogen) atoms. The van der Waals surface area contributed by atoms with Crippen molar-refractivity contribution in [2.24, 2.45) is 39.7 Å². The Labute approximate surface area is 249 Å². The summed E-state index contributed by atoms with van der Waals surface area (Å²) in [6.07, 6.45) is 11.2. The maximum atomic E-state index is 13.2. The fraction of sp³-hybridized carbons (Fsp3) is 0.781. The van der Waals surface area contributed by atoms with Crippen LogP contribution in [0.3, 0.4) is 0 Å². The number of hydrogen-bond donors (Lipinski definition) is 2. The van der Waals surface area contributed by atoms with Gasteiger partial charge in [0, 0.05) is 32.0 Å². The lowest BCUT2D eigenvalue weighted by Gasteiger charge is -2.58. The summed E-state index contributed by atoms with van der Waals surface area (Å²) in [4.78, 5) is 55.1. The predicted molar refractivity (Wildman–Crippen MR) is 157 cm³/mol. The number of carbonyl (C=O) groups is 4. The van der Waals surface area contributed by atoms with Gasteiger partial charge in [-0.05, 0) is 99.4 Å². The predicted octanol–water partition coefficient (Wildman–Crippen LogP) is 3.99. The standard InChI is InChI=1S/C32H48N4O6/c1-20(35-42-30(40)36(15-16-41-19-37)18-22-6-10-28(34-22)29(39)33-4)25-8-9-26-24-7-5-21-17-23(38)11-13-31(21,2)27(24)12-14-32(25,26)3/h17,19,22,24-28,34H,5-16,18H2,1-4H3,(H,33,39)/b35-20+/t22?,24-,25+,26-,27-,28?,31-,32+/m0/s1. The van der Waals surface area contributed by atoms with Crippen molar-refractivity contribution in [2.75, 3.05) is 26.7 Å². The van der Waals surface area contributed by atoms with Crippen molar-refractivity contribution in [3.05, 3.63) is 11.6 Å². The highest BCUT2D eigenvalue weighted by atomic mass is 16.7. The van der Waals surface area contributed by atoms with Gasteiger partial charge in [0.05, 0.1) is 18.3 Å². The molecule has 2 amide bonds. The molecule has 0 aromatic heterocycles. The van der Waals surface area contributed by atoms with Crippen LogP contribution in [-0.4, -0.2) is 73.7 Å². The molecule has 1 saturated heterocycles. The van der Waals surface area contributed by atoms with Gasteiger partial charge in [0.25, 0.3) is 6.47 Å². The first-order chi connectivity index (χ1) is 20.1. The molecular formula is C32H48N4O6. The molecular weight excluding hydrogens is 536 g/mol. The maximum absolute atomic E-state index is 13.2. The monoisotopic (exact) mass is 584 g/mol. The summed E-state index contributed by atoms with van der Waals surface area (Å²) in [5.41, 5.74) is 2.52. The third-order valence-corrected chi connectivity index (χ3v) is 11.8. The molecule has 3 saturated carbocycles. The summed E-state index contributed by atoms with van der Waals surface area (Å²) in [5.74, 6) is 2.38. The summed E-state index contributed by atoms with van der Waals surface area (Å²) in [6, 6.07) is -0.355. The summed E-state index contributed by atoms with van der Waals surface area (Å²) in [6.45, 7) is 7.75. The van der Waals surface area contributed by atoms with Crippen LogP contribution in [-0.2, 0) is 24.0 Å². The van der Waals surface area contributed by atoms with Crippen LogP contribution < -0.4 is 10.6 Å². The Kier molecular flexibility index (Phi) is 9.11. The van der Waals surface area contributed by atoms with Crippen LogP contribution in [0.15, 0.2) is 16.8 Å². The quantitative estimate of drug-likeness (QED) is 0.138. The largest absolute Gasteiger partial charge is 0.466 e. The van der Waals surface area contributed by atoms with Gasteiger partial charge in [0.2, 0.25) is 5.91 Å². The van der Waals surface area contributed by atoms with Crippen molar-refractivity contribution >= 4 is 30.0 Å². The van der Waals surface area contributed by atoms with Gasteiger partial charge >= 0.3 is 6.09 Å². The van der Waals surface area contributed by atoms with Crippen LogP contribution >= 0.6 is 0 Å². The number of fused-ring (bicyclic) bond motifs is 5. The molecule has 10 heteroatoms. The Bertz CT molecular complexity index is 1140. The van der Waals surface area contributed by atoms with Gasteiger partial charge in [0.1, 0.15) is 6.61 Å². The first kappa shape index (κ1) is 30.7. The molecule has 10 nitrogen and oxygen atoms in total. The smallest absolute Gasteiger partial charge is 0.436 e. The van der Waals surface area contributed by atoms with Crippen molar-refractivity contribution in [3.63, 3.8) is 0 Å². The first-order valence-electron chi connectivity index (χ1n) is 15.9. The molecule has 4 fully saturated rings. The number of hydrogen-bond acceptors (Lipinski definition) is 8. The normalized spacial score (nSPS) is 37.6. The zero-order valence-electron chi connectivity index (χ0n) is 25.7. The lowest BCUT2D eigenvalue weighted by atomic mass is 9.46. The molecule has 0 bridgehead atoms. The van der Waals surface area contributed by atoms with Crippen LogP contribution in [0.4, 0.5) is 4.79 Å². The first-order valence-corrected chi connectivity index (χ1v) is 15.9. The molecule has 0 spiro atoms. The van der Waals surface area contributed by atoms with Crippen molar-refractivity contribution in [2.45, 2.75) is 97.1 Å². The summed E-state index contributed by atoms with van der Waals surface area (Å²) in [7, 11) is 1.61. The minimum absolute atomic E-state index is 0.0573. The highest BCUT2D eigenvalue weighted by Crippen LogP contribution is 2.66.